The van der Waals surface area contributed by atoms with Crippen LogP contribution in [-0.2, 0) is 29.1 Å². The molecule has 0 aromatic heterocycles. The summed E-state index contributed by atoms with van der Waals surface area (Å²) in [6, 6.07) is 14.1. The van der Waals surface area contributed by atoms with Gasteiger partial charge in [0.1, 0.15) is 6.61 Å². The number of nitro benzene ring substituents is 1. The molecule has 0 aliphatic carbocycles. The molecule has 0 saturated carbocycles. The lowest BCUT2D eigenvalue weighted by Crippen LogP contribution is -2.49. The lowest BCUT2D eigenvalue weighted by molar-refractivity contribution is -0.384. The minimum atomic E-state index is -3.58. The van der Waals surface area contributed by atoms with Crippen LogP contribution in [0.1, 0.15) is 32.3 Å². The van der Waals surface area contributed by atoms with Crippen LogP contribution in [0.15, 0.2) is 82.0 Å². The number of carbonyl (C=O) groups excluding carboxylic acids is 2. The lowest BCUT2D eigenvalue weighted by atomic mass is 9.80. The molecule has 13 heteroatoms. The van der Waals surface area contributed by atoms with Crippen LogP contribution in [0.25, 0.3) is 0 Å². The van der Waals surface area contributed by atoms with Crippen LogP contribution in [-0.4, -0.2) is 80.4 Å². The van der Waals surface area contributed by atoms with Gasteiger partial charge in [0.2, 0.25) is 10.0 Å². The monoisotopic (exact) mass is 598 g/mol. The summed E-state index contributed by atoms with van der Waals surface area (Å²) in [5, 5.41) is 14.5. The highest BCUT2D eigenvalue weighted by Crippen LogP contribution is 2.40. The van der Waals surface area contributed by atoms with Gasteiger partial charge < -0.3 is 14.8 Å². The SMILES string of the molecule is CCOC(=O)C1=C(C)NC(C)=C(C(=O)OCCN2CCN(S(=O)(=O)c3ccccc3)CC2)C1c1cccc([N+](=O)[O-])c1. The number of non-ortho nitro benzene ring substituents is 1. The van der Waals surface area contributed by atoms with Gasteiger partial charge in [-0.25, -0.2) is 18.0 Å². The van der Waals surface area contributed by atoms with Crippen LogP contribution >= 0.6 is 0 Å². The summed E-state index contributed by atoms with van der Waals surface area (Å²) in [5.41, 5.74) is 1.47. The highest BCUT2D eigenvalue weighted by Gasteiger charge is 2.38. The van der Waals surface area contributed by atoms with Gasteiger partial charge in [0.15, 0.2) is 0 Å². The Bertz CT molecular complexity index is 1510. The number of nitrogens with one attached hydrogen (secondary N) is 1. The zero-order valence-corrected chi connectivity index (χ0v) is 24.6. The fraction of sp³-hybridized carbons (Fsp3) is 0.379. The van der Waals surface area contributed by atoms with E-state index in [4.69, 9.17) is 9.47 Å². The van der Waals surface area contributed by atoms with Crippen LogP contribution < -0.4 is 5.32 Å². The van der Waals surface area contributed by atoms with Crippen molar-refractivity contribution in [3.63, 3.8) is 0 Å². The second kappa shape index (κ2) is 13.3. The second-order valence-corrected chi connectivity index (χ2v) is 11.8. The first-order chi connectivity index (χ1) is 20.0. The lowest BCUT2D eigenvalue weighted by Gasteiger charge is -2.34. The maximum atomic E-state index is 13.5. The second-order valence-electron chi connectivity index (χ2n) is 9.90. The number of sulfonamides is 1. The molecule has 0 amide bonds. The van der Waals surface area contributed by atoms with Crippen molar-refractivity contribution in [1.82, 2.24) is 14.5 Å². The van der Waals surface area contributed by atoms with Crippen molar-refractivity contribution in [3.05, 3.63) is 92.8 Å². The van der Waals surface area contributed by atoms with Crippen molar-refractivity contribution < 1.29 is 32.4 Å². The molecule has 2 aliphatic heterocycles. The minimum absolute atomic E-state index is 0.0279. The molecule has 224 valence electrons. The van der Waals surface area contributed by atoms with Crippen molar-refractivity contribution in [3.8, 4) is 0 Å². The summed E-state index contributed by atoms with van der Waals surface area (Å²) in [7, 11) is -3.58. The topological polar surface area (TPSA) is 148 Å². The number of rotatable bonds is 10. The standard InChI is InChI=1S/C29H34N4O8S/c1-4-40-28(34)25-20(2)30-21(3)26(27(25)22-9-8-10-23(19-22)33(36)37)29(35)41-18-17-31-13-15-32(16-14-31)42(38,39)24-11-6-5-7-12-24/h5-12,19,27,30H,4,13-18H2,1-3H3. The number of dihydropyridines is 1. The van der Waals surface area contributed by atoms with Gasteiger partial charge >= 0.3 is 11.9 Å². The number of piperazine rings is 1. The van der Waals surface area contributed by atoms with Gasteiger partial charge in [-0.2, -0.15) is 4.31 Å². The minimum Gasteiger partial charge on any atom is -0.463 e. The fourth-order valence-corrected chi connectivity index (χ4v) is 6.62. The zero-order chi connectivity index (χ0) is 30.4. The average molecular weight is 599 g/mol. The van der Waals surface area contributed by atoms with E-state index in [2.05, 4.69) is 5.32 Å². The molecule has 2 heterocycles. The summed E-state index contributed by atoms with van der Waals surface area (Å²) in [5.74, 6) is -2.25. The Morgan fingerprint density at radius 3 is 2.17 bits per heavy atom. The number of esters is 2. The average Bonchev–Trinajstić information content (AvgIpc) is 2.97. The maximum Gasteiger partial charge on any atom is 0.336 e. The maximum absolute atomic E-state index is 13.5. The Kier molecular flexibility index (Phi) is 9.76. The highest BCUT2D eigenvalue weighted by atomic mass is 32.2. The molecule has 42 heavy (non-hydrogen) atoms. The quantitative estimate of drug-likeness (QED) is 0.246. The first-order valence-corrected chi connectivity index (χ1v) is 15.0. The van der Waals surface area contributed by atoms with Gasteiger partial charge in [0.25, 0.3) is 5.69 Å². The Labute approximate surface area is 244 Å². The fourth-order valence-electron chi connectivity index (χ4n) is 5.18. The molecule has 12 nitrogen and oxygen atoms in total. The molecule has 1 fully saturated rings. The third-order valence-electron chi connectivity index (χ3n) is 7.24. The van der Waals surface area contributed by atoms with Crippen LogP contribution in [0.2, 0.25) is 0 Å². The molecule has 4 rings (SSSR count). The van der Waals surface area contributed by atoms with E-state index >= 15 is 0 Å². The van der Waals surface area contributed by atoms with Crippen LogP contribution in [0.4, 0.5) is 5.69 Å². The first-order valence-electron chi connectivity index (χ1n) is 13.6. The number of hydrogen-bond donors (Lipinski definition) is 1. The molecule has 2 aromatic rings. The van der Waals surface area contributed by atoms with Gasteiger partial charge in [0, 0.05) is 56.3 Å². The van der Waals surface area contributed by atoms with Crippen molar-refractivity contribution >= 4 is 27.6 Å². The van der Waals surface area contributed by atoms with Gasteiger partial charge in [0.05, 0.1) is 33.5 Å². The molecule has 1 N–H and O–H groups in total. The van der Waals surface area contributed by atoms with Gasteiger partial charge in [-0.1, -0.05) is 30.3 Å². The number of ether oxygens (including phenoxy) is 2. The molecule has 1 saturated heterocycles. The van der Waals surface area contributed by atoms with E-state index in [-0.39, 0.29) is 34.9 Å². The normalized spacial score (nSPS) is 18.4. The van der Waals surface area contributed by atoms with E-state index in [9.17, 15) is 28.1 Å². The van der Waals surface area contributed by atoms with E-state index in [1.807, 2.05) is 4.90 Å². The smallest absolute Gasteiger partial charge is 0.336 e. The third kappa shape index (κ3) is 6.69. The molecule has 1 unspecified atom stereocenters. The Balaban J connectivity index is 1.46. The summed E-state index contributed by atoms with van der Waals surface area (Å²) >= 11 is 0. The number of carbonyl (C=O) groups is 2. The Morgan fingerprint density at radius 2 is 1.57 bits per heavy atom. The molecule has 0 spiro atoms. The van der Waals surface area contributed by atoms with Gasteiger partial charge in [-0.15, -0.1) is 0 Å². The van der Waals surface area contributed by atoms with E-state index in [0.29, 0.717) is 49.7 Å². The van der Waals surface area contributed by atoms with Gasteiger partial charge in [-0.05, 0) is 38.5 Å². The van der Waals surface area contributed by atoms with Crippen LogP contribution in [0.5, 0.6) is 0 Å². The molecule has 0 bridgehead atoms. The number of allylic oxidation sites excluding steroid dienone is 2. The summed E-state index contributed by atoms with van der Waals surface area (Å²) in [6.07, 6.45) is 0. The predicted molar refractivity (Wildman–Crippen MR) is 154 cm³/mol. The van der Waals surface area contributed by atoms with Crippen molar-refractivity contribution in [2.75, 3.05) is 45.9 Å². The van der Waals surface area contributed by atoms with E-state index in [0.717, 1.165) is 0 Å². The predicted octanol–water partition coefficient (Wildman–Crippen LogP) is 2.94. The first kappa shape index (κ1) is 30.9. The summed E-state index contributed by atoms with van der Waals surface area (Å²) < 4.78 is 38.2. The molecular weight excluding hydrogens is 564 g/mol. The van der Waals surface area contributed by atoms with Crippen molar-refractivity contribution in [2.45, 2.75) is 31.6 Å². The van der Waals surface area contributed by atoms with Crippen LogP contribution in [0, 0.1) is 10.1 Å². The van der Waals surface area contributed by atoms with E-state index < -0.39 is 32.8 Å². The zero-order valence-electron chi connectivity index (χ0n) is 23.7. The number of nitrogens with zero attached hydrogens (tertiary/aromatic N) is 3. The van der Waals surface area contributed by atoms with Gasteiger partial charge in [-0.3, -0.25) is 15.0 Å². The molecular formula is C29H34N4O8S. The van der Waals surface area contributed by atoms with E-state index in [1.165, 1.54) is 22.5 Å². The molecule has 2 aromatic carbocycles. The largest absolute Gasteiger partial charge is 0.463 e. The number of hydrogen-bond acceptors (Lipinski definition) is 10. The number of nitro groups is 1. The Hall–Kier alpha value is -4.07. The summed E-state index contributed by atoms with van der Waals surface area (Å²) in [6.45, 7) is 7.10. The van der Waals surface area contributed by atoms with Crippen molar-refractivity contribution in [1.29, 1.82) is 0 Å². The van der Waals surface area contributed by atoms with E-state index in [1.54, 1.807) is 57.2 Å². The summed E-state index contributed by atoms with van der Waals surface area (Å²) in [4.78, 5) is 39.7. The van der Waals surface area contributed by atoms with Crippen LogP contribution in [0.3, 0.4) is 0 Å². The highest BCUT2D eigenvalue weighted by molar-refractivity contribution is 7.89. The van der Waals surface area contributed by atoms with Crippen molar-refractivity contribution in [2.24, 2.45) is 0 Å². The molecule has 0 radical (unpaired) electrons. The molecule has 1 atom stereocenters. The molecule has 2 aliphatic rings. The third-order valence-corrected chi connectivity index (χ3v) is 9.16. The Morgan fingerprint density at radius 1 is 0.952 bits per heavy atom. The number of benzene rings is 2.